The largest absolute Gasteiger partial charge is 0.349 e. The van der Waals surface area contributed by atoms with Crippen LogP contribution in [0.2, 0.25) is 0 Å². The van der Waals surface area contributed by atoms with Gasteiger partial charge in [-0.15, -0.1) is 4.40 Å². The average molecular weight is 364 g/mol. The first-order chi connectivity index (χ1) is 11.9. The van der Waals surface area contributed by atoms with Gasteiger partial charge in [0.25, 0.3) is 10.0 Å². The van der Waals surface area contributed by atoms with Crippen LogP contribution in [-0.2, 0) is 14.8 Å². The fourth-order valence-electron chi connectivity index (χ4n) is 3.42. The van der Waals surface area contributed by atoms with Crippen molar-refractivity contribution < 1.29 is 13.2 Å². The Morgan fingerprint density at radius 3 is 2.68 bits per heavy atom. The lowest BCUT2D eigenvalue weighted by Gasteiger charge is -2.33. The predicted octanol–water partition coefficient (Wildman–Crippen LogP) is 0.525. The Morgan fingerprint density at radius 2 is 2.00 bits per heavy atom. The van der Waals surface area contributed by atoms with Crippen LogP contribution < -0.4 is 5.32 Å². The molecule has 7 nitrogen and oxygen atoms in total. The van der Waals surface area contributed by atoms with Crippen molar-refractivity contribution in [2.45, 2.75) is 17.7 Å². The number of hydrogen-bond acceptors (Lipinski definition) is 5. The van der Waals surface area contributed by atoms with E-state index < -0.39 is 10.0 Å². The molecule has 0 bridgehead atoms. The summed E-state index contributed by atoms with van der Waals surface area (Å²) in [5.41, 5.74) is 0.561. The molecule has 0 radical (unpaired) electrons. The number of benzene rings is 1. The van der Waals surface area contributed by atoms with Crippen molar-refractivity contribution in [1.82, 2.24) is 15.1 Å². The molecule has 1 N–H and O–H groups in total. The molecule has 1 fully saturated rings. The highest BCUT2D eigenvalue weighted by Gasteiger charge is 2.32. The van der Waals surface area contributed by atoms with Gasteiger partial charge in [0, 0.05) is 25.7 Å². The van der Waals surface area contributed by atoms with Crippen LogP contribution in [0, 0.1) is 5.92 Å². The molecule has 1 amide bonds. The fourth-order valence-corrected chi connectivity index (χ4v) is 4.67. The maximum Gasteiger partial charge on any atom is 0.285 e. The van der Waals surface area contributed by atoms with E-state index >= 15 is 0 Å². The SMILES string of the molecule is CNCC1CCN(C(=O)CN(C)C2=NS(=O)(=O)c3ccccc32)CC1. The zero-order valence-electron chi connectivity index (χ0n) is 14.6. The van der Waals surface area contributed by atoms with Crippen molar-refractivity contribution in [3.8, 4) is 0 Å². The number of likely N-dealkylation sites (tertiary alicyclic amines) is 1. The summed E-state index contributed by atoms with van der Waals surface area (Å²) in [5, 5.41) is 3.18. The van der Waals surface area contributed by atoms with E-state index in [0.717, 1.165) is 32.5 Å². The van der Waals surface area contributed by atoms with Gasteiger partial charge in [-0.25, -0.2) is 0 Å². The van der Waals surface area contributed by atoms with Crippen LogP contribution in [0.5, 0.6) is 0 Å². The number of amidine groups is 1. The Bertz CT molecular complexity index is 783. The molecule has 8 heteroatoms. The molecule has 0 aromatic heterocycles. The van der Waals surface area contributed by atoms with Gasteiger partial charge in [-0.05, 0) is 44.5 Å². The van der Waals surface area contributed by atoms with Crippen LogP contribution in [0.1, 0.15) is 18.4 Å². The number of likely N-dealkylation sites (N-methyl/N-ethyl adjacent to an activating group) is 1. The standard InChI is InChI=1S/C17H24N4O3S/c1-18-11-13-7-9-21(10-8-13)16(22)12-20(2)17-14-5-3-4-6-15(14)25(23,24)19-17/h3-6,13,18H,7-12H2,1-2H3. The Kier molecular flexibility index (Phi) is 5.10. The first-order valence-electron chi connectivity index (χ1n) is 8.50. The number of sulfonamides is 1. The molecule has 0 saturated carbocycles. The summed E-state index contributed by atoms with van der Waals surface area (Å²) < 4.78 is 28.1. The Hall–Kier alpha value is -1.93. The smallest absolute Gasteiger partial charge is 0.285 e. The molecule has 0 aliphatic carbocycles. The van der Waals surface area contributed by atoms with E-state index in [-0.39, 0.29) is 17.3 Å². The lowest BCUT2D eigenvalue weighted by molar-refractivity contribution is -0.132. The van der Waals surface area contributed by atoms with Crippen molar-refractivity contribution in [1.29, 1.82) is 0 Å². The number of amides is 1. The molecule has 0 unspecified atom stereocenters. The third kappa shape index (κ3) is 3.69. The van der Waals surface area contributed by atoms with E-state index in [9.17, 15) is 13.2 Å². The van der Waals surface area contributed by atoms with Crippen molar-refractivity contribution in [2.75, 3.05) is 40.3 Å². The van der Waals surface area contributed by atoms with E-state index in [4.69, 9.17) is 0 Å². The zero-order valence-corrected chi connectivity index (χ0v) is 15.4. The van der Waals surface area contributed by atoms with E-state index in [1.807, 2.05) is 11.9 Å². The number of hydrogen-bond donors (Lipinski definition) is 1. The topological polar surface area (TPSA) is 82.1 Å². The summed E-state index contributed by atoms with van der Waals surface area (Å²) in [6.45, 7) is 2.60. The third-order valence-corrected chi connectivity index (χ3v) is 6.13. The van der Waals surface area contributed by atoms with Gasteiger partial charge in [-0.1, -0.05) is 12.1 Å². The van der Waals surface area contributed by atoms with Gasteiger partial charge in [-0.3, -0.25) is 4.79 Å². The molecule has 2 aliphatic heterocycles. The number of rotatable bonds is 4. The van der Waals surface area contributed by atoms with Crippen LogP contribution in [0.3, 0.4) is 0 Å². The normalized spacial score (nSPS) is 19.4. The highest BCUT2D eigenvalue weighted by molar-refractivity contribution is 7.90. The second kappa shape index (κ2) is 7.13. The average Bonchev–Trinajstić information content (AvgIpc) is 2.88. The van der Waals surface area contributed by atoms with Crippen LogP contribution >= 0.6 is 0 Å². The van der Waals surface area contributed by atoms with Crippen molar-refractivity contribution in [2.24, 2.45) is 10.3 Å². The molecule has 0 spiro atoms. The fraction of sp³-hybridized carbons (Fsp3) is 0.529. The number of nitrogens with zero attached hydrogens (tertiary/aromatic N) is 3. The summed E-state index contributed by atoms with van der Waals surface area (Å²) >= 11 is 0. The minimum absolute atomic E-state index is 0.00915. The third-order valence-electron chi connectivity index (χ3n) is 4.81. The van der Waals surface area contributed by atoms with Crippen molar-refractivity contribution >= 4 is 21.8 Å². The van der Waals surface area contributed by atoms with Crippen LogP contribution in [0.4, 0.5) is 0 Å². The Morgan fingerprint density at radius 1 is 1.32 bits per heavy atom. The van der Waals surface area contributed by atoms with E-state index in [1.54, 1.807) is 36.2 Å². The molecule has 1 saturated heterocycles. The number of carbonyl (C=O) groups excluding carboxylic acids is 1. The number of piperidine rings is 1. The maximum atomic E-state index is 12.6. The Labute approximate surface area is 148 Å². The molecule has 1 aromatic rings. The second-order valence-electron chi connectivity index (χ2n) is 6.62. The van der Waals surface area contributed by atoms with E-state index in [2.05, 4.69) is 9.71 Å². The highest BCUT2D eigenvalue weighted by Crippen LogP contribution is 2.27. The molecule has 2 heterocycles. The van der Waals surface area contributed by atoms with E-state index in [0.29, 0.717) is 17.3 Å². The number of nitrogens with one attached hydrogen (secondary N) is 1. The van der Waals surface area contributed by atoms with Gasteiger partial charge >= 0.3 is 0 Å². The number of carbonyl (C=O) groups is 1. The number of fused-ring (bicyclic) bond motifs is 1. The first-order valence-corrected chi connectivity index (χ1v) is 9.94. The van der Waals surface area contributed by atoms with Gasteiger partial charge in [0.05, 0.1) is 6.54 Å². The summed E-state index contributed by atoms with van der Waals surface area (Å²) in [7, 11) is -0.00405. The van der Waals surface area contributed by atoms with Gasteiger partial charge in [0.15, 0.2) is 5.84 Å². The zero-order chi connectivity index (χ0) is 18.0. The molecule has 0 atom stereocenters. The lowest BCUT2D eigenvalue weighted by Crippen LogP contribution is -2.45. The van der Waals surface area contributed by atoms with Gasteiger partial charge in [0.2, 0.25) is 5.91 Å². The van der Waals surface area contributed by atoms with Crippen LogP contribution in [0.15, 0.2) is 33.6 Å². The maximum absolute atomic E-state index is 12.6. The van der Waals surface area contributed by atoms with Crippen molar-refractivity contribution in [3.05, 3.63) is 29.8 Å². The van der Waals surface area contributed by atoms with Crippen molar-refractivity contribution in [3.63, 3.8) is 0 Å². The summed E-state index contributed by atoms with van der Waals surface area (Å²) in [6.07, 6.45) is 1.99. The molecule has 25 heavy (non-hydrogen) atoms. The summed E-state index contributed by atoms with van der Waals surface area (Å²) in [6, 6.07) is 6.72. The molecule has 136 valence electrons. The molecule has 1 aromatic carbocycles. The quantitative estimate of drug-likeness (QED) is 0.843. The Balaban J connectivity index is 1.65. The minimum Gasteiger partial charge on any atom is -0.349 e. The molecule has 2 aliphatic rings. The highest BCUT2D eigenvalue weighted by atomic mass is 32.2. The second-order valence-corrected chi connectivity index (χ2v) is 8.20. The van der Waals surface area contributed by atoms with Gasteiger partial charge in [0.1, 0.15) is 4.90 Å². The minimum atomic E-state index is -3.66. The summed E-state index contributed by atoms with van der Waals surface area (Å²) in [5.74, 6) is 0.965. The molecular formula is C17H24N4O3S. The van der Waals surface area contributed by atoms with Crippen LogP contribution in [-0.4, -0.2) is 70.2 Å². The van der Waals surface area contributed by atoms with Gasteiger partial charge in [-0.2, -0.15) is 8.42 Å². The first kappa shape index (κ1) is 17.9. The monoisotopic (exact) mass is 364 g/mol. The predicted molar refractivity (Wildman–Crippen MR) is 96.0 cm³/mol. The summed E-state index contributed by atoms with van der Waals surface area (Å²) in [4.78, 5) is 16.3. The van der Waals surface area contributed by atoms with E-state index in [1.165, 1.54) is 0 Å². The molecular weight excluding hydrogens is 340 g/mol. The van der Waals surface area contributed by atoms with Crippen LogP contribution in [0.25, 0.3) is 0 Å². The lowest BCUT2D eigenvalue weighted by atomic mass is 9.97. The molecule has 3 rings (SSSR count). The van der Waals surface area contributed by atoms with Gasteiger partial charge < -0.3 is 15.1 Å².